The second-order valence-corrected chi connectivity index (χ2v) is 11.4. The largest absolute Gasteiger partial charge is 0.455 e. The average molecular weight is 685 g/mol. The van der Waals surface area contributed by atoms with Gasteiger partial charge in [0.15, 0.2) is 11.4 Å². The van der Waals surface area contributed by atoms with Gasteiger partial charge in [-0.05, 0) is 91.7 Å². The van der Waals surface area contributed by atoms with E-state index in [0.29, 0.717) is 65.3 Å². The lowest BCUT2D eigenvalue weighted by atomic mass is 10.1. The first-order chi connectivity index (χ1) is 22.3. The van der Waals surface area contributed by atoms with Crippen molar-refractivity contribution in [1.29, 1.82) is 0 Å². The van der Waals surface area contributed by atoms with Crippen molar-refractivity contribution in [3.05, 3.63) is 101 Å². The molecule has 0 saturated heterocycles. The normalized spacial score (nSPS) is 10.9. The molecule has 0 aliphatic carbocycles. The molecular formula is C34H34BrN7O4. The van der Waals surface area contributed by atoms with Crippen molar-refractivity contribution in [2.45, 2.75) is 26.7 Å². The van der Waals surface area contributed by atoms with Crippen molar-refractivity contribution >= 4 is 61.8 Å². The highest BCUT2D eigenvalue weighted by Crippen LogP contribution is 2.35. The van der Waals surface area contributed by atoms with E-state index in [1.165, 1.54) is 6.33 Å². The van der Waals surface area contributed by atoms with E-state index in [2.05, 4.69) is 66.0 Å². The number of halogens is 1. The minimum absolute atomic E-state index is 0.244. The molecule has 4 N–H and O–H groups in total. The monoisotopic (exact) mass is 683 g/mol. The lowest BCUT2D eigenvalue weighted by Gasteiger charge is -2.16. The molecule has 0 bridgehead atoms. The molecule has 12 heteroatoms. The van der Waals surface area contributed by atoms with Crippen LogP contribution in [-0.4, -0.2) is 46.6 Å². The summed E-state index contributed by atoms with van der Waals surface area (Å²) in [6.07, 6.45) is 1.45. The van der Waals surface area contributed by atoms with Gasteiger partial charge >= 0.3 is 6.03 Å². The van der Waals surface area contributed by atoms with Crippen LogP contribution in [-0.2, 0) is 4.74 Å². The van der Waals surface area contributed by atoms with Gasteiger partial charge < -0.3 is 30.7 Å². The van der Waals surface area contributed by atoms with Crippen LogP contribution in [0.3, 0.4) is 0 Å². The molecule has 0 aliphatic rings. The minimum Gasteiger partial charge on any atom is -0.455 e. The number of carbonyl (C=O) groups is 2. The Morgan fingerprint density at radius 1 is 0.891 bits per heavy atom. The smallest absolute Gasteiger partial charge is 0.319 e. The van der Waals surface area contributed by atoms with Crippen molar-refractivity contribution in [2.75, 3.05) is 35.7 Å². The van der Waals surface area contributed by atoms with Crippen LogP contribution >= 0.6 is 15.9 Å². The quantitative estimate of drug-likeness (QED) is 0.0975. The van der Waals surface area contributed by atoms with Gasteiger partial charge in [-0.25, -0.2) is 19.7 Å². The number of rotatable bonds is 12. The van der Waals surface area contributed by atoms with Crippen LogP contribution in [0, 0.1) is 0 Å². The fraction of sp³-hybridized carbons (Fsp3) is 0.206. The van der Waals surface area contributed by atoms with Crippen LogP contribution < -0.4 is 26.0 Å². The van der Waals surface area contributed by atoms with E-state index < -0.39 is 0 Å². The summed E-state index contributed by atoms with van der Waals surface area (Å²) in [7, 11) is 0. The molecule has 0 aliphatic heterocycles. The maximum absolute atomic E-state index is 13.2. The first-order valence-corrected chi connectivity index (χ1v) is 15.6. The first kappa shape index (κ1) is 32.3. The summed E-state index contributed by atoms with van der Waals surface area (Å²) in [5.41, 5.74) is 3.65. The highest BCUT2D eigenvalue weighted by molar-refractivity contribution is 9.10. The third kappa shape index (κ3) is 8.55. The van der Waals surface area contributed by atoms with Gasteiger partial charge in [-0.2, -0.15) is 0 Å². The molecule has 2 heterocycles. The molecule has 0 spiro atoms. The van der Waals surface area contributed by atoms with Gasteiger partial charge in [-0.3, -0.25) is 4.79 Å². The number of pyridine rings is 1. The Labute approximate surface area is 275 Å². The first-order valence-electron chi connectivity index (χ1n) is 14.8. The Hall–Kier alpha value is -5.07. The number of nitrogens with zero attached hydrogens (tertiary/aromatic N) is 3. The van der Waals surface area contributed by atoms with Gasteiger partial charge in [-0.15, -0.1) is 0 Å². The van der Waals surface area contributed by atoms with Gasteiger partial charge in [0.1, 0.15) is 17.9 Å². The fourth-order valence-electron chi connectivity index (χ4n) is 4.39. The van der Waals surface area contributed by atoms with E-state index >= 15 is 0 Å². The van der Waals surface area contributed by atoms with Crippen molar-refractivity contribution < 1.29 is 19.1 Å². The van der Waals surface area contributed by atoms with Crippen LogP contribution in [0.25, 0.3) is 11.0 Å². The Morgan fingerprint density at radius 3 is 2.37 bits per heavy atom. The van der Waals surface area contributed by atoms with E-state index in [9.17, 15) is 9.59 Å². The molecule has 0 radical (unpaired) electrons. The highest BCUT2D eigenvalue weighted by Gasteiger charge is 2.15. The van der Waals surface area contributed by atoms with Gasteiger partial charge in [0.2, 0.25) is 0 Å². The zero-order chi connectivity index (χ0) is 32.5. The zero-order valence-electron chi connectivity index (χ0n) is 25.6. The number of amides is 3. The molecule has 3 aromatic carbocycles. The average Bonchev–Trinajstić information content (AvgIpc) is 3.05. The zero-order valence-corrected chi connectivity index (χ0v) is 27.2. The summed E-state index contributed by atoms with van der Waals surface area (Å²) in [4.78, 5) is 38.9. The highest BCUT2D eigenvalue weighted by atomic mass is 79.9. The predicted molar refractivity (Wildman–Crippen MR) is 183 cm³/mol. The van der Waals surface area contributed by atoms with Crippen LogP contribution in [0.5, 0.6) is 11.5 Å². The molecule has 0 unspecified atom stereocenters. The number of benzene rings is 3. The maximum atomic E-state index is 13.2. The molecule has 5 rings (SSSR count). The molecular weight excluding hydrogens is 650 g/mol. The van der Waals surface area contributed by atoms with Gasteiger partial charge in [-0.1, -0.05) is 29.8 Å². The number of anilines is 4. The molecule has 5 aromatic rings. The minimum atomic E-state index is -0.330. The van der Waals surface area contributed by atoms with Gasteiger partial charge in [0.25, 0.3) is 5.91 Å². The molecule has 0 saturated carbocycles. The van der Waals surface area contributed by atoms with E-state index in [1.807, 2.05) is 43.3 Å². The van der Waals surface area contributed by atoms with Gasteiger partial charge in [0.05, 0.1) is 17.7 Å². The number of urea groups is 1. The van der Waals surface area contributed by atoms with Crippen molar-refractivity contribution in [2.24, 2.45) is 0 Å². The summed E-state index contributed by atoms with van der Waals surface area (Å²) in [5.74, 6) is 1.44. The molecule has 0 atom stereocenters. The van der Waals surface area contributed by atoms with E-state index in [-0.39, 0.29) is 17.9 Å². The number of aromatic nitrogens is 3. The van der Waals surface area contributed by atoms with E-state index in [1.54, 1.807) is 42.5 Å². The summed E-state index contributed by atoms with van der Waals surface area (Å²) in [5, 5.41) is 12.5. The summed E-state index contributed by atoms with van der Waals surface area (Å²) < 4.78 is 12.4. The van der Waals surface area contributed by atoms with E-state index in [4.69, 9.17) is 9.47 Å². The lowest BCUT2D eigenvalue weighted by molar-refractivity contribution is 0.102. The second kappa shape index (κ2) is 15.3. The number of nitrogens with one attached hydrogen (secondary N) is 4. The van der Waals surface area contributed by atoms with Crippen LogP contribution in [0.1, 0.15) is 42.7 Å². The fourth-order valence-corrected chi connectivity index (χ4v) is 4.65. The molecule has 3 amide bonds. The molecule has 0 fully saturated rings. The number of fused-ring (bicyclic) bond motifs is 1. The maximum Gasteiger partial charge on any atom is 0.319 e. The molecule has 11 nitrogen and oxygen atoms in total. The van der Waals surface area contributed by atoms with Crippen molar-refractivity contribution in [3.63, 3.8) is 0 Å². The number of hydrogen-bond donors (Lipinski definition) is 4. The third-order valence-electron chi connectivity index (χ3n) is 6.78. The molecule has 46 heavy (non-hydrogen) atoms. The number of carbonyl (C=O) groups excluding carboxylic acids is 2. The van der Waals surface area contributed by atoms with Crippen LogP contribution in [0.4, 0.5) is 27.7 Å². The summed E-state index contributed by atoms with van der Waals surface area (Å²) >= 11 is 3.41. The Balaban J connectivity index is 1.40. The lowest BCUT2D eigenvalue weighted by Crippen LogP contribution is -2.31. The molecule has 2 aromatic heterocycles. The predicted octanol–water partition coefficient (Wildman–Crippen LogP) is 7.86. The Morgan fingerprint density at radius 2 is 1.63 bits per heavy atom. The standard InChI is InChI=1S/C34H34BrN7O4/c1-4-45-18-17-36-34(44)40-25-10-12-26(13-11-25)46-30-16-5-22(33(43)39-24-8-6-23(35)7-9-24)19-29(30)42-32-27-14-15-28(21(2)3)41-31(27)37-20-38-32/h5-16,19-21H,4,17-18H2,1-3H3,(H,39,43)(H2,36,40,44)(H,37,38,41,42). The van der Waals surface area contributed by atoms with Gasteiger partial charge in [0, 0.05) is 40.3 Å². The Bertz CT molecular complexity index is 1820. The number of ether oxygens (including phenoxy) is 2. The summed E-state index contributed by atoms with van der Waals surface area (Å²) in [6.45, 7) is 7.49. The SMILES string of the molecule is CCOCCNC(=O)Nc1ccc(Oc2ccc(C(=O)Nc3ccc(Br)cc3)cc2Nc2ncnc3nc(C(C)C)ccc23)cc1. The second-order valence-electron chi connectivity index (χ2n) is 10.5. The summed E-state index contributed by atoms with van der Waals surface area (Å²) in [6, 6.07) is 23.0. The number of hydrogen-bond acceptors (Lipinski definition) is 8. The Kier molecular flexibility index (Phi) is 10.7. The van der Waals surface area contributed by atoms with Crippen LogP contribution in [0.15, 0.2) is 89.7 Å². The topological polar surface area (TPSA) is 139 Å². The van der Waals surface area contributed by atoms with Crippen molar-refractivity contribution in [1.82, 2.24) is 20.3 Å². The van der Waals surface area contributed by atoms with Crippen molar-refractivity contribution in [3.8, 4) is 11.5 Å². The van der Waals surface area contributed by atoms with E-state index in [0.717, 1.165) is 15.6 Å². The van der Waals surface area contributed by atoms with Crippen LogP contribution in [0.2, 0.25) is 0 Å². The third-order valence-corrected chi connectivity index (χ3v) is 7.31. The molecule has 236 valence electrons.